The molecule has 2 nitrogen and oxygen atoms in total. The Kier molecular flexibility index (Phi) is 1.85. The summed E-state index contributed by atoms with van der Waals surface area (Å²) >= 11 is 0. The van der Waals surface area contributed by atoms with E-state index in [4.69, 9.17) is 5.26 Å². The number of aliphatic hydroxyl groups excluding tert-OH is 1. The fourth-order valence-corrected chi connectivity index (χ4v) is 4.57. The van der Waals surface area contributed by atoms with Gasteiger partial charge in [0.1, 0.15) is 6.10 Å². The number of hydrogen-bond acceptors (Lipinski definition) is 2. The normalized spacial score (nSPS) is 51.6. The Morgan fingerprint density at radius 3 is 1.93 bits per heavy atom. The molecule has 4 aliphatic carbocycles. The second-order valence-electron chi connectivity index (χ2n) is 5.58. The molecular formula is C12H17NO. The van der Waals surface area contributed by atoms with Crippen molar-refractivity contribution in [2.45, 2.75) is 38.2 Å². The standard InChI is InChI=1S/C12H17NO/c13-6-11(14)12-9-2-7-1-8(4-9)5-10(12)3-7/h7-12,14H,1-5H2. The number of nitrogens with zero attached hydrogens (tertiary/aromatic N) is 1. The maximum absolute atomic E-state index is 9.73. The van der Waals surface area contributed by atoms with E-state index < -0.39 is 6.10 Å². The van der Waals surface area contributed by atoms with Gasteiger partial charge < -0.3 is 5.11 Å². The predicted octanol–water partition coefficient (Wildman–Crippen LogP) is 1.94. The van der Waals surface area contributed by atoms with Gasteiger partial charge in [0, 0.05) is 5.92 Å². The van der Waals surface area contributed by atoms with Crippen molar-refractivity contribution in [1.29, 1.82) is 5.26 Å². The van der Waals surface area contributed by atoms with E-state index >= 15 is 0 Å². The molecule has 14 heavy (non-hydrogen) atoms. The summed E-state index contributed by atoms with van der Waals surface area (Å²) in [6.45, 7) is 0. The molecule has 1 unspecified atom stereocenters. The molecule has 1 N–H and O–H groups in total. The molecule has 4 bridgehead atoms. The molecule has 0 heterocycles. The van der Waals surface area contributed by atoms with E-state index in [1.54, 1.807) is 0 Å². The third-order valence-corrected chi connectivity index (χ3v) is 4.80. The van der Waals surface area contributed by atoms with Crippen LogP contribution in [0.1, 0.15) is 32.1 Å². The Morgan fingerprint density at radius 2 is 1.50 bits per heavy atom. The Hall–Kier alpha value is -0.550. The smallest absolute Gasteiger partial charge is 0.143 e. The van der Waals surface area contributed by atoms with Gasteiger partial charge in [0.25, 0.3) is 0 Å². The van der Waals surface area contributed by atoms with Crippen molar-refractivity contribution in [3.05, 3.63) is 0 Å². The molecule has 4 saturated carbocycles. The summed E-state index contributed by atoms with van der Waals surface area (Å²) in [5.74, 6) is 3.51. The van der Waals surface area contributed by atoms with Gasteiger partial charge in [-0.05, 0) is 55.8 Å². The summed E-state index contributed by atoms with van der Waals surface area (Å²) in [6.07, 6.45) is 5.90. The van der Waals surface area contributed by atoms with Crippen molar-refractivity contribution < 1.29 is 5.11 Å². The fraction of sp³-hybridized carbons (Fsp3) is 0.917. The van der Waals surface area contributed by atoms with Gasteiger partial charge in [-0.15, -0.1) is 0 Å². The molecule has 0 saturated heterocycles. The predicted molar refractivity (Wildman–Crippen MR) is 52.2 cm³/mol. The summed E-state index contributed by atoms with van der Waals surface area (Å²) in [5, 5.41) is 18.5. The van der Waals surface area contributed by atoms with Crippen LogP contribution in [0.5, 0.6) is 0 Å². The maximum atomic E-state index is 9.73. The molecule has 2 heteroatoms. The van der Waals surface area contributed by atoms with Crippen molar-refractivity contribution in [2.75, 3.05) is 0 Å². The zero-order valence-electron chi connectivity index (χ0n) is 8.39. The van der Waals surface area contributed by atoms with E-state index in [1.807, 2.05) is 6.07 Å². The average Bonchev–Trinajstić information content (AvgIpc) is 2.15. The van der Waals surface area contributed by atoms with Crippen molar-refractivity contribution in [1.82, 2.24) is 0 Å². The second-order valence-corrected chi connectivity index (χ2v) is 5.58. The molecule has 0 aromatic carbocycles. The minimum atomic E-state index is -0.690. The van der Waals surface area contributed by atoms with E-state index in [0.717, 1.165) is 11.8 Å². The Morgan fingerprint density at radius 1 is 1.00 bits per heavy atom. The number of rotatable bonds is 1. The molecule has 0 aromatic rings. The van der Waals surface area contributed by atoms with Gasteiger partial charge in [-0.2, -0.15) is 5.26 Å². The summed E-state index contributed by atoms with van der Waals surface area (Å²) in [4.78, 5) is 0. The van der Waals surface area contributed by atoms with E-state index in [1.165, 1.54) is 32.1 Å². The first-order chi connectivity index (χ1) is 6.78. The SMILES string of the molecule is N#CC(O)C1C2CC3CC(C2)CC1C3. The molecular weight excluding hydrogens is 174 g/mol. The number of hydrogen-bond donors (Lipinski definition) is 1. The molecule has 0 aliphatic heterocycles. The summed E-state index contributed by atoms with van der Waals surface area (Å²) in [5.41, 5.74) is 0. The largest absolute Gasteiger partial charge is 0.378 e. The lowest BCUT2D eigenvalue weighted by Crippen LogP contribution is -2.48. The van der Waals surface area contributed by atoms with Crippen molar-refractivity contribution >= 4 is 0 Å². The lowest BCUT2D eigenvalue weighted by Gasteiger charge is -2.54. The summed E-state index contributed by atoms with van der Waals surface area (Å²) in [6, 6.07) is 2.05. The molecule has 76 valence electrons. The van der Waals surface area contributed by atoms with Gasteiger partial charge in [0.05, 0.1) is 6.07 Å². The highest BCUT2D eigenvalue weighted by molar-refractivity contribution is 5.04. The van der Waals surface area contributed by atoms with E-state index in [9.17, 15) is 5.11 Å². The topological polar surface area (TPSA) is 44.0 Å². The van der Waals surface area contributed by atoms with Gasteiger partial charge in [0.2, 0.25) is 0 Å². The van der Waals surface area contributed by atoms with Crippen LogP contribution in [0, 0.1) is 40.9 Å². The molecule has 1 atom stereocenters. The number of aliphatic hydroxyl groups is 1. The van der Waals surface area contributed by atoms with E-state index in [-0.39, 0.29) is 0 Å². The van der Waals surface area contributed by atoms with Crippen LogP contribution in [0.2, 0.25) is 0 Å². The molecule has 0 spiro atoms. The third-order valence-electron chi connectivity index (χ3n) is 4.80. The minimum absolute atomic E-state index is 0.313. The highest BCUT2D eigenvalue weighted by Crippen LogP contribution is 2.57. The van der Waals surface area contributed by atoms with Gasteiger partial charge in [-0.25, -0.2) is 0 Å². The van der Waals surface area contributed by atoms with Crippen LogP contribution >= 0.6 is 0 Å². The van der Waals surface area contributed by atoms with Gasteiger partial charge in [-0.1, -0.05) is 0 Å². The molecule has 0 radical (unpaired) electrons. The maximum Gasteiger partial charge on any atom is 0.143 e. The van der Waals surface area contributed by atoms with E-state index in [0.29, 0.717) is 17.8 Å². The first kappa shape index (κ1) is 8.73. The number of nitriles is 1. The van der Waals surface area contributed by atoms with Crippen LogP contribution in [-0.4, -0.2) is 11.2 Å². The second kappa shape index (κ2) is 2.97. The van der Waals surface area contributed by atoms with Crippen molar-refractivity contribution in [3.63, 3.8) is 0 Å². The Labute approximate surface area is 84.9 Å². The zero-order valence-corrected chi connectivity index (χ0v) is 8.39. The van der Waals surface area contributed by atoms with Crippen LogP contribution in [0.15, 0.2) is 0 Å². The lowest BCUT2D eigenvalue weighted by atomic mass is 9.51. The molecule has 0 aromatic heterocycles. The molecule has 0 amide bonds. The van der Waals surface area contributed by atoms with Crippen LogP contribution in [-0.2, 0) is 0 Å². The van der Waals surface area contributed by atoms with Crippen LogP contribution < -0.4 is 0 Å². The van der Waals surface area contributed by atoms with Crippen LogP contribution in [0.4, 0.5) is 0 Å². The van der Waals surface area contributed by atoms with Crippen LogP contribution in [0.25, 0.3) is 0 Å². The zero-order chi connectivity index (χ0) is 9.71. The average molecular weight is 191 g/mol. The van der Waals surface area contributed by atoms with Gasteiger partial charge in [-0.3, -0.25) is 0 Å². The lowest BCUT2D eigenvalue weighted by molar-refractivity contribution is -0.0742. The fourth-order valence-electron chi connectivity index (χ4n) is 4.57. The highest BCUT2D eigenvalue weighted by atomic mass is 16.3. The highest BCUT2D eigenvalue weighted by Gasteiger charge is 2.50. The molecule has 4 rings (SSSR count). The van der Waals surface area contributed by atoms with Crippen molar-refractivity contribution in [3.8, 4) is 6.07 Å². The van der Waals surface area contributed by atoms with E-state index in [2.05, 4.69) is 0 Å². The molecule has 4 fully saturated rings. The van der Waals surface area contributed by atoms with Gasteiger partial charge in [0.15, 0.2) is 0 Å². The quantitative estimate of drug-likeness (QED) is 0.644. The van der Waals surface area contributed by atoms with Gasteiger partial charge >= 0.3 is 0 Å². The summed E-state index contributed by atoms with van der Waals surface area (Å²) < 4.78 is 0. The first-order valence-electron chi connectivity index (χ1n) is 5.85. The Balaban J connectivity index is 1.85. The van der Waals surface area contributed by atoms with Crippen molar-refractivity contribution in [2.24, 2.45) is 29.6 Å². The van der Waals surface area contributed by atoms with Crippen LogP contribution in [0.3, 0.4) is 0 Å². The summed E-state index contributed by atoms with van der Waals surface area (Å²) in [7, 11) is 0. The minimum Gasteiger partial charge on any atom is -0.378 e. The Bertz CT molecular complexity index is 253. The first-order valence-corrected chi connectivity index (χ1v) is 5.85. The molecule has 4 aliphatic rings. The third kappa shape index (κ3) is 1.12. The monoisotopic (exact) mass is 191 g/mol.